The summed E-state index contributed by atoms with van der Waals surface area (Å²) in [6.07, 6.45) is 0.315. The van der Waals surface area contributed by atoms with E-state index in [1.807, 2.05) is 12.1 Å². The van der Waals surface area contributed by atoms with Crippen molar-refractivity contribution in [3.8, 4) is 0 Å². The standard InChI is InChI=1S/C26H34N6O6/c27-20(12-7-13-30-26(28)29)24(35)31-15-22(33)32-21(25(36)38-17-19-10-5-2-6-11-19)14-23(34)37-16-18-8-3-1-4-9-18/h1-6,8-11,20-21H,7,12-17,27H2,(H,31,35)(H,32,33)(H4,28,29,30). The van der Waals surface area contributed by atoms with Crippen LogP contribution in [0.15, 0.2) is 65.7 Å². The lowest BCUT2D eigenvalue weighted by molar-refractivity contribution is -0.155. The van der Waals surface area contributed by atoms with Crippen molar-refractivity contribution >= 4 is 29.7 Å². The first-order chi connectivity index (χ1) is 18.2. The van der Waals surface area contributed by atoms with Crippen LogP contribution >= 0.6 is 0 Å². The predicted molar refractivity (Wildman–Crippen MR) is 140 cm³/mol. The molecule has 2 atom stereocenters. The largest absolute Gasteiger partial charge is 0.461 e. The van der Waals surface area contributed by atoms with E-state index < -0.39 is 48.8 Å². The van der Waals surface area contributed by atoms with Gasteiger partial charge in [0.2, 0.25) is 11.8 Å². The number of aliphatic imine (C=N–C) groups is 1. The average molecular weight is 527 g/mol. The first-order valence-electron chi connectivity index (χ1n) is 12.0. The number of nitrogens with one attached hydrogen (secondary N) is 2. The molecule has 0 aliphatic rings. The zero-order chi connectivity index (χ0) is 27.8. The van der Waals surface area contributed by atoms with E-state index in [0.29, 0.717) is 19.4 Å². The van der Waals surface area contributed by atoms with Crippen molar-refractivity contribution in [3.63, 3.8) is 0 Å². The van der Waals surface area contributed by atoms with Crippen LogP contribution in [0, 0.1) is 0 Å². The van der Waals surface area contributed by atoms with Gasteiger partial charge in [0.25, 0.3) is 0 Å². The molecular formula is C26H34N6O6. The van der Waals surface area contributed by atoms with Crippen LogP contribution in [0.4, 0.5) is 0 Å². The number of ether oxygens (including phenoxy) is 2. The van der Waals surface area contributed by atoms with Gasteiger partial charge < -0.3 is 37.3 Å². The molecule has 0 fully saturated rings. The number of carbonyl (C=O) groups is 4. The van der Waals surface area contributed by atoms with Crippen molar-refractivity contribution in [2.45, 2.75) is 44.6 Å². The molecule has 0 spiro atoms. The topological polar surface area (TPSA) is 201 Å². The summed E-state index contributed by atoms with van der Waals surface area (Å²) in [6.45, 7) is -0.175. The van der Waals surface area contributed by atoms with E-state index in [-0.39, 0.29) is 19.2 Å². The van der Waals surface area contributed by atoms with E-state index in [2.05, 4.69) is 15.6 Å². The molecule has 0 radical (unpaired) electrons. The number of rotatable bonds is 15. The number of nitrogens with zero attached hydrogens (tertiary/aromatic N) is 1. The molecule has 204 valence electrons. The van der Waals surface area contributed by atoms with Gasteiger partial charge in [0, 0.05) is 6.54 Å². The summed E-state index contributed by atoms with van der Waals surface area (Å²) < 4.78 is 10.5. The predicted octanol–water partition coefficient (Wildman–Crippen LogP) is -0.155. The highest BCUT2D eigenvalue weighted by Crippen LogP contribution is 2.07. The van der Waals surface area contributed by atoms with E-state index in [4.69, 9.17) is 26.7 Å². The minimum absolute atomic E-state index is 0.0104. The smallest absolute Gasteiger partial charge is 0.329 e. The van der Waals surface area contributed by atoms with Crippen LogP contribution in [0.1, 0.15) is 30.4 Å². The lowest BCUT2D eigenvalue weighted by atomic mass is 10.1. The Morgan fingerprint density at radius 1 is 0.868 bits per heavy atom. The number of hydrogen-bond donors (Lipinski definition) is 5. The van der Waals surface area contributed by atoms with Crippen LogP contribution in [0.2, 0.25) is 0 Å². The average Bonchev–Trinajstić information content (AvgIpc) is 2.92. The molecule has 0 aliphatic carbocycles. The second-order valence-corrected chi connectivity index (χ2v) is 8.34. The number of carbonyl (C=O) groups excluding carboxylic acids is 4. The Hall–Kier alpha value is -4.45. The highest BCUT2D eigenvalue weighted by atomic mass is 16.5. The molecule has 0 bridgehead atoms. The van der Waals surface area contributed by atoms with Crippen molar-refractivity contribution in [1.29, 1.82) is 0 Å². The summed E-state index contributed by atoms with van der Waals surface area (Å²) >= 11 is 0. The Labute approximate surface area is 220 Å². The minimum atomic E-state index is -1.32. The van der Waals surface area contributed by atoms with Crippen LogP contribution in [-0.2, 0) is 41.9 Å². The van der Waals surface area contributed by atoms with Gasteiger partial charge in [-0.05, 0) is 24.0 Å². The van der Waals surface area contributed by atoms with Crippen LogP contribution in [0.3, 0.4) is 0 Å². The summed E-state index contributed by atoms with van der Waals surface area (Å²) in [5.74, 6) is -2.84. The fourth-order valence-electron chi connectivity index (χ4n) is 3.18. The van der Waals surface area contributed by atoms with Crippen LogP contribution < -0.4 is 27.8 Å². The molecule has 12 heteroatoms. The third kappa shape index (κ3) is 12.0. The fourth-order valence-corrected chi connectivity index (χ4v) is 3.18. The lowest BCUT2D eigenvalue weighted by Gasteiger charge is -2.18. The Morgan fingerprint density at radius 3 is 2.03 bits per heavy atom. The third-order valence-electron chi connectivity index (χ3n) is 5.18. The van der Waals surface area contributed by atoms with Gasteiger partial charge >= 0.3 is 11.9 Å². The zero-order valence-corrected chi connectivity index (χ0v) is 21.0. The molecule has 2 aromatic carbocycles. The van der Waals surface area contributed by atoms with Gasteiger partial charge in [-0.3, -0.25) is 19.4 Å². The Bertz CT molecular complexity index is 1080. The Morgan fingerprint density at radius 2 is 1.45 bits per heavy atom. The maximum absolute atomic E-state index is 12.7. The number of nitrogens with two attached hydrogens (primary N) is 3. The van der Waals surface area contributed by atoms with Crippen LogP contribution in [0.25, 0.3) is 0 Å². The number of esters is 2. The lowest BCUT2D eigenvalue weighted by Crippen LogP contribution is -2.49. The number of hydrogen-bond acceptors (Lipinski definition) is 8. The number of guanidine groups is 1. The van der Waals surface area contributed by atoms with Gasteiger partial charge in [0.15, 0.2) is 5.96 Å². The van der Waals surface area contributed by atoms with Gasteiger partial charge in [0.1, 0.15) is 19.3 Å². The van der Waals surface area contributed by atoms with Crippen molar-refractivity contribution < 1.29 is 28.7 Å². The molecule has 12 nitrogen and oxygen atoms in total. The van der Waals surface area contributed by atoms with Crippen LogP contribution in [-0.4, -0.2) is 54.9 Å². The molecule has 2 rings (SSSR count). The molecule has 38 heavy (non-hydrogen) atoms. The van der Waals surface area contributed by atoms with Crippen molar-refractivity contribution in [1.82, 2.24) is 10.6 Å². The summed E-state index contributed by atoms with van der Waals surface area (Å²) in [4.78, 5) is 53.6. The second kappa shape index (κ2) is 16.3. The molecule has 2 aromatic rings. The highest BCUT2D eigenvalue weighted by Gasteiger charge is 2.27. The molecule has 0 saturated carbocycles. The quantitative estimate of drug-likeness (QED) is 0.0905. The maximum atomic E-state index is 12.7. The van der Waals surface area contributed by atoms with E-state index in [1.54, 1.807) is 48.5 Å². The van der Waals surface area contributed by atoms with Crippen LogP contribution in [0.5, 0.6) is 0 Å². The maximum Gasteiger partial charge on any atom is 0.329 e. The van der Waals surface area contributed by atoms with Gasteiger partial charge in [-0.2, -0.15) is 0 Å². The van der Waals surface area contributed by atoms with Crippen molar-refractivity contribution in [3.05, 3.63) is 71.8 Å². The Balaban J connectivity index is 1.89. The molecule has 2 amide bonds. The minimum Gasteiger partial charge on any atom is -0.461 e. The van der Waals surface area contributed by atoms with Gasteiger partial charge in [-0.15, -0.1) is 0 Å². The summed E-state index contributed by atoms with van der Waals surface area (Å²) in [5.41, 5.74) is 17.8. The summed E-state index contributed by atoms with van der Waals surface area (Å²) in [7, 11) is 0. The van der Waals surface area contributed by atoms with Gasteiger partial charge in [-0.25, -0.2) is 4.79 Å². The van der Waals surface area contributed by atoms with Crippen molar-refractivity contribution in [2.24, 2.45) is 22.2 Å². The number of amides is 2. The number of benzene rings is 2. The van der Waals surface area contributed by atoms with Crippen molar-refractivity contribution in [2.75, 3.05) is 13.1 Å². The SMILES string of the molecule is NC(N)=NCCCC(N)C(=O)NCC(=O)NC(CC(=O)OCc1ccccc1)C(=O)OCc1ccccc1. The molecule has 8 N–H and O–H groups in total. The van der Waals surface area contributed by atoms with E-state index in [0.717, 1.165) is 11.1 Å². The van der Waals surface area contributed by atoms with Gasteiger partial charge in [0.05, 0.1) is 19.0 Å². The Kier molecular flexibility index (Phi) is 12.8. The second-order valence-electron chi connectivity index (χ2n) is 8.34. The summed E-state index contributed by atoms with van der Waals surface area (Å²) in [6, 6.07) is 15.7. The zero-order valence-electron chi connectivity index (χ0n) is 21.0. The molecule has 2 unspecified atom stereocenters. The van der Waals surface area contributed by atoms with Gasteiger partial charge in [-0.1, -0.05) is 60.7 Å². The normalized spacial score (nSPS) is 11.9. The third-order valence-corrected chi connectivity index (χ3v) is 5.18. The summed E-state index contributed by atoms with van der Waals surface area (Å²) in [5, 5.41) is 4.83. The monoisotopic (exact) mass is 526 g/mol. The molecule has 0 aliphatic heterocycles. The first kappa shape index (κ1) is 29.8. The van der Waals surface area contributed by atoms with E-state index in [9.17, 15) is 19.2 Å². The van der Waals surface area contributed by atoms with E-state index >= 15 is 0 Å². The fraction of sp³-hybridized carbons (Fsp3) is 0.346. The molecular weight excluding hydrogens is 492 g/mol. The highest BCUT2D eigenvalue weighted by molar-refractivity contribution is 5.91. The molecule has 0 saturated heterocycles. The first-order valence-corrected chi connectivity index (χ1v) is 12.0. The molecule has 0 heterocycles. The molecule has 0 aromatic heterocycles. The van der Waals surface area contributed by atoms with E-state index in [1.165, 1.54) is 0 Å².